The SMILES string of the molecule is CCCN(CCC)CCCCc1coc2cc(CN(Cc3ncc[nH]3)C(C)c3ncc[nH]3)ccc2c1=O. The van der Waals surface area contributed by atoms with Crippen LogP contribution in [0.1, 0.15) is 75.3 Å². The molecule has 0 amide bonds. The van der Waals surface area contributed by atoms with Gasteiger partial charge in [-0.15, -0.1) is 0 Å². The Kier molecular flexibility index (Phi) is 9.68. The number of H-pyrrole nitrogens is 2. The zero-order valence-electron chi connectivity index (χ0n) is 22.4. The lowest BCUT2D eigenvalue weighted by Gasteiger charge is -2.27. The van der Waals surface area contributed by atoms with Gasteiger partial charge in [0.1, 0.15) is 17.2 Å². The molecule has 4 aromatic rings. The van der Waals surface area contributed by atoms with Gasteiger partial charge in [-0.1, -0.05) is 19.9 Å². The molecule has 0 aliphatic rings. The maximum atomic E-state index is 13.2. The number of fused-ring (bicyclic) bond motifs is 1. The number of nitrogens with one attached hydrogen (secondary N) is 2. The molecule has 8 heteroatoms. The fraction of sp³-hybridized carbons (Fsp3) is 0.483. The molecule has 1 atom stereocenters. The van der Waals surface area contributed by atoms with Gasteiger partial charge in [0.15, 0.2) is 5.43 Å². The van der Waals surface area contributed by atoms with Gasteiger partial charge in [-0.3, -0.25) is 9.69 Å². The second-order valence-corrected chi connectivity index (χ2v) is 9.81. The quantitative estimate of drug-likeness (QED) is 0.209. The summed E-state index contributed by atoms with van der Waals surface area (Å²) in [7, 11) is 0. The Bertz CT molecular complexity index is 1260. The molecular weight excluding hydrogens is 464 g/mol. The highest BCUT2D eigenvalue weighted by Gasteiger charge is 2.20. The van der Waals surface area contributed by atoms with E-state index in [1.54, 1.807) is 18.7 Å². The lowest BCUT2D eigenvalue weighted by Crippen LogP contribution is -2.27. The molecule has 0 aliphatic heterocycles. The van der Waals surface area contributed by atoms with Gasteiger partial charge in [0.25, 0.3) is 0 Å². The van der Waals surface area contributed by atoms with E-state index in [-0.39, 0.29) is 11.5 Å². The van der Waals surface area contributed by atoms with Crippen LogP contribution in [-0.2, 0) is 19.5 Å². The topological polar surface area (TPSA) is 94.1 Å². The third-order valence-corrected chi connectivity index (χ3v) is 6.92. The van der Waals surface area contributed by atoms with Crippen LogP contribution in [0.3, 0.4) is 0 Å². The van der Waals surface area contributed by atoms with E-state index in [1.807, 2.05) is 30.6 Å². The number of benzene rings is 1. The van der Waals surface area contributed by atoms with E-state index in [0.29, 0.717) is 24.1 Å². The van der Waals surface area contributed by atoms with E-state index in [4.69, 9.17) is 4.42 Å². The molecule has 0 saturated heterocycles. The first kappa shape index (κ1) is 26.8. The van der Waals surface area contributed by atoms with Gasteiger partial charge >= 0.3 is 0 Å². The van der Waals surface area contributed by atoms with Crippen LogP contribution >= 0.6 is 0 Å². The molecule has 0 bridgehead atoms. The zero-order valence-corrected chi connectivity index (χ0v) is 22.4. The predicted molar refractivity (Wildman–Crippen MR) is 147 cm³/mol. The average Bonchev–Trinajstić information content (AvgIpc) is 3.62. The van der Waals surface area contributed by atoms with Crippen LogP contribution in [0.25, 0.3) is 11.0 Å². The molecule has 198 valence electrons. The van der Waals surface area contributed by atoms with Gasteiger partial charge in [0.2, 0.25) is 0 Å². The molecular formula is C29H40N6O2. The summed E-state index contributed by atoms with van der Waals surface area (Å²) in [6.07, 6.45) is 14.1. The highest BCUT2D eigenvalue weighted by Crippen LogP contribution is 2.23. The van der Waals surface area contributed by atoms with Crippen molar-refractivity contribution in [2.45, 2.75) is 72.0 Å². The van der Waals surface area contributed by atoms with Crippen molar-refractivity contribution in [2.75, 3.05) is 19.6 Å². The first-order valence-corrected chi connectivity index (χ1v) is 13.6. The predicted octanol–water partition coefficient (Wildman–Crippen LogP) is 5.45. The van der Waals surface area contributed by atoms with Crippen molar-refractivity contribution in [3.8, 4) is 0 Å². The van der Waals surface area contributed by atoms with Crippen molar-refractivity contribution in [1.29, 1.82) is 0 Å². The molecule has 4 rings (SSSR count). The van der Waals surface area contributed by atoms with Crippen molar-refractivity contribution >= 4 is 11.0 Å². The smallest absolute Gasteiger partial charge is 0.195 e. The van der Waals surface area contributed by atoms with E-state index in [0.717, 1.165) is 61.7 Å². The van der Waals surface area contributed by atoms with Gasteiger partial charge in [-0.25, -0.2) is 9.97 Å². The molecule has 0 spiro atoms. The van der Waals surface area contributed by atoms with Gasteiger partial charge in [-0.2, -0.15) is 0 Å². The molecule has 3 heterocycles. The van der Waals surface area contributed by atoms with E-state index >= 15 is 0 Å². The largest absolute Gasteiger partial charge is 0.464 e. The number of nitrogens with zero attached hydrogens (tertiary/aromatic N) is 4. The minimum atomic E-state index is 0.0516. The summed E-state index contributed by atoms with van der Waals surface area (Å²) in [4.78, 5) is 33.2. The van der Waals surface area contributed by atoms with Gasteiger partial charge in [-0.05, 0) is 76.4 Å². The summed E-state index contributed by atoms with van der Waals surface area (Å²) in [6.45, 7) is 11.3. The molecule has 0 saturated carbocycles. The summed E-state index contributed by atoms with van der Waals surface area (Å²) in [5, 5.41) is 0.650. The average molecular weight is 505 g/mol. The second kappa shape index (κ2) is 13.4. The number of imidazole rings is 2. The minimum Gasteiger partial charge on any atom is -0.464 e. The van der Waals surface area contributed by atoms with Crippen LogP contribution in [-0.4, -0.2) is 49.4 Å². The van der Waals surface area contributed by atoms with Crippen LogP contribution in [0.2, 0.25) is 0 Å². The first-order valence-electron chi connectivity index (χ1n) is 13.6. The lowest BCUT2D eigenvalue weighted by molar-refractivity contribution is 0.181. The van der Waals surface area contributed by atoms with Crippen molar-refractivity contribution in [2.24, 2.45) is 0 Å². The maximum Gasteiger partial charge on any atom is 0.195 e. The molecule has 3 aromatic heterocycles. The van der Waals surface area contributed by atoms with Crippen molar-refractivity contribution in [1.82, 2.24) is 29.7 Å². The Morgan fingerprint density at radius 3 is 2.46 bits per heavy atom. The highest BCUT2D eigenvalue weighted by atomic mass is 16.3. The fourth-order valence-corrected chi connectivity index (χ4v) is 4.92. The number of hydrogen-bond donors (Lipinski definition) is 2. The third-order valence-electron chi connectivity index (χ3n) is 6.92. The van der Waals surface area contributed by atoms with E-state index in [1.165, 1.54) is 12.8 Å². The fourth-order valence-electron chi connectivity index (χ4n) is 4.92. The Labute approximate surface area is 219 Å². The summed E-state index contributed by atoms with van der Waals surface area (Å²) in [5.74, 6) is 1.79. The summed E-state index contributed by atoms with van der Waals surface area (Å²) in [5.41, 5.74) is 2.55. The Morgan fingerprint density at radius 2 is 1.76 bits per heavy atom. The summed E-state index contributed by atoms with van der Waals surface area (Å²) < 4.78 is 5.97. The number of aromatic nitrogens is 4. The number of unbranched alkanes of at least 4 members (excludes halogenated alkanes) is 1. The summed E-state index contributed by atoms with van der Waals surface area (Å²) in [6, 6.07) is 5.97. The lowest BCUT2D eigenvalue weighted by atomic mass is 10.1. The Balaban J connectivity index is 1.44. The van der Waals surface area contributed by atoms with Crippen LogP contribution < -0.4 is 5.43 Å². The molecule has 0 aliphatic carbocycles. The molecule has 1 unspecified atom stereocenters. The Morgan fingerprint density at radius 1 is 0.973 bits per heavy atom. The monoisotopic (exact) mass is 504 g/mol. The zero-order chi connectivity index (χ0) is 26.0. The van der Waals surface area contributed by atoms with Crippen LogP contribution in [0.5, 0.6) is 0 Å². The molecule has 8 nitrogen and oxygen atoms in total. The van der Waals surface area contributed by atoms with Crippen molar-refractivity contribution in [3.63, 3.8) is 0 Å². The van der Waals surface area contributed by atoms with E-state index in [2.05, 4.69) is 50.5 Å². The van der Waals surface area contributed by atoms with Gasteiger partial charge in [0.05, 0.1) is 24.2 Å². The molecule has 37 heavy (non-hydrogen) atoms. The van der Waals surface area contributed by atoms with Crippen LogP contribution in [0.4, 0.5) is 0 Å². The van der Waals surface area contributed by atoms with Gasteiger partial charge < -0.3 is 19.3 Å². The summed E-state index contributed by atoms with van der Waals surface area (Å²) >= 11 is 0. The standard InChI is InChI=1S/C29H40N6O2/c1-4-15-34(16-5-2)17-7-6-8-24-21-37-26-18-23(9-10-25(26)28(24)36)19-35(20-27-30-11-12-31-27)22(3)29-32-13-14-33-29/h9-14,18,21-22H,4-8,15-17,19-20H2,1-3H3,(H,30,31)(H,32,33). The second-order valence-electron chi connectivity index (χ2n) is 9.81. The molecule has 2 N–H and O–H groups in total. The van der Waals surface area contributed by atoms with Crippen LogP contribution in [0.15, 0.2) is 58.5 Å². The van der Waals surface area contributed by atoms with Crippen molar-refractivity contribution < 1.29 is 4.42 Å². The van der Waals surface area contributed by atoms with Crippen LogP contribution in [0, 0.1) is 0 Å². The number of rotatable bonds is 15. The van der Waals surface area contributed by atoms with E-state index in [9.17, 15) is 4.79 Å². The van der Waals surface area contributed by atoms with E-state index < -0.39 is 0 Å². The number of aromatic amines is 2. The molecule has 0 fully saturated rings. The number of aryl methyl sites for hydroxylation is 1. The maximum absolute atomic E-state index is 13.2. The first-order chi connectivity index (χ1) is 18.1. The third kappa shape index (κ3) is 7.17. The highest BCUT2D eigenvalue weighted by molar-refractivity contribution is 5.77. The Hall–Kier alpha value is -3.23. The number of hydrogen-bond acceptors (Lipinski definition) is 6. The van der Waals surface area contributed by atoms with Gasteiger partial charge in [0, 0.05) is 36.9 Å². The van der Waals surface area contributed by atoms with Crippen molar-refractivity contribution in [3.05, 3.63) is 82.2 Å². The normalized spacial score (nSPS) is 12.7. The minimum absolute atomic E-state index is 0.0516. The molecule has 0 radical (unpaired) electrons. The molecule has 1 aromatic carbocycles.